The van der Waals surface area contributed by atoms with E-state index in [0.717, 1.165) is 44.2 Å². The summed E-state index contributed by atoms with van der Waals surface area (Å²) in [6.45, 7) is 7.99. The highest BCUT2D eigenvalue weighted by Gasteiger charge is 2.20. The first-order valence-electron chi connectivity index (χ1n) is 8.65. The number of nitrogens with zero attached hydrogens (tertiary/aromatic N) is 3. The molecule has 1 aliphatic heterocycles. The number of nitrogens with one attached hydrogen (secondary N) is 2. The van der Waals surface area contributed by atoms with Gasteiger partial charge in [0.25, 0.3) is 5.91 Å². The lowest BCUT2D eigenvalue weighted by Crippen LogP contribution is -2.53. The first-order chi connectivity index (χ1) is 12.0. The summed E-state index contributed by atoms with van der Waals surface area (Å²) in [4.78, 5) is 31.8. The SMILES string of the molecule is CCNC(=NCc1ccc(C(=O)NC)cc1)N1CCN(C(C)=O)CC1.I. The maximum atomic E-state index is 11.6. The minimum Gasteiger partial charge on any atom is -0.357 e. The fraction of sp³-hybridized carbons (Fsp3) is 0.500. The number of guanidine groups is 1. The molecule has 0 aliphatic carbocycles. The van der Waals surface area contributed by atoms with Crippen LogP contribution in [-0.2, 0) is 11.3 Å². The quantitative estimate of drug-likeness (QED) is 0.393. The molecule has 0 spiro atoms. The first kappa shape index (κ1) is 22.2. The molecule has 2 rings (SSSR count). The van der Waals surface area contributed by atoms with Crippen LogP contribution in [0.4, 0.5) is 0 Å². The summed E-state index contributed by atoms with van der Waals surface area (Å²) in [6.07, 6.45) is 0. The van der Waals surface area contributed by atoms with Crippen molar-refractivity contribution in [3.63, 3.8) is 0 Å². The third-order valence-corrected chi connectivity index (χ3v) is 4.21. The van der Waals surface area contributed by atoms with Crippen LogP contribution in [0, 0.1) is 0 Å². The second kappa shape index (κ2) is 11.0. The molecule has 7 nitrogen and oxygen atoms in total. The van der Waals surface area contributed by atoms with E-state index in [0.29, 0.717) is 12.1 Å². The summed E-state index contributed by atoms with van der Waals surface area (Å²) >= 11 is 0. The van der Waals surface area contributed by atoms with Crippen molar-refractivity contribution in [1.82, 2.24) is 20.4 Å². The number of hydrogen-bond acceptors (Lipinski definition) is 3. The largest absolute Gasteiger partial charge is 0.357 e. The van der Waals surface area contributed by atoms with E-state index < -0.39 is 0 Å². The van der Waals surface area contributed by atoms with Gasteiger partial charge in [-0.05, 0) is 24.6 Å². The summed E-state index contributed by atoms with van der Waals surface area (Å²) in [5, 5.41) is 5.92. The zero-order valence-electron chi connectivity index (χ0n) is 15.6. The Morgan fingerprint density at radius 1 is 1.08 bits per heavy atom. The number of carbonyl (C=O) groups is 2. The fourth-order valence-electron chi connectivity index (χ4n) is 2.73. The van der Waals surface area contributed by atoms with Crippen LogP contribution < -0.4 is 10.6 Å². The Bertz CT molecular complexity index is 625. The molecule has 26 heavy (non-hydrogen) atoms. The van der Waals surface area contributed by atoms with Crippen molar-refractivity contribution in [2.24, 2.45) is 4.99 Å². The molecule has 0 saturated carbocycles. The van der Waals surface area contributed by atoms with Gasteiger partial charge in [-0.15, -0.1) is 24.0 Å². The molecule has 1 saturated heterocycles. The lowest BCUT2D eigenvalue weighted by molar-refractivity contribution is -0.130. The monoisotopic (exact) mass is 473 g/mol. The van der Waals surface area contributed by atoms with Gasteiger partial charge in [0.05, 0.1) is 6.54 Å². The van der Waals surface area contributed by atoms with E-state index in [4.69, 9.17) is 4.99 Å². The molecule has 2 N–H and O–H groups in total. The highest BCUT2D eigenvalue weighted by Crippen LogP contribution is 2.08. The van der Waals surface area contributed by atoms with E-state index >= 15 is 0 Å². The summed E-state index contributed by atoms with van der Waals surface area (Å²) < 4.78 is 0. The van der Waals surface area contributed by atoms with Crippen molar-refractivity contribution in [2.75, 3.05) is 39.8 Å². The third kappa shape index (κ3) is 6.15. The Hall–Kier alpha value is -1.84. The molecule has 0 unspecified atom stereocenters. The number of halogens is 1. The zero-order valence-corrected chi connectivity index (χ0v) is 17.9. The van der Waals surface area contributed by atoms with Crippen LogP contribution in [-0.4, -0.2) is 67.3 Å². The molecule has 1 aliphatic rings. The molecular formula is C18H28IN5O2. The predicted molar refractivity (Wildman–Crippen MR) is 114 cm³/mol. The maximum absolute atomic E-state index is 11.6. The first-order valence-corrected chi connectivity index (χ1v) is 8.65. The molecule has 1 fully saturated rings. The molecule has 0 aromatic heterocycles. The van der Waals surface area contributed by atoms with Crippen molar-refractivity contribution < 1.29 is 9.59 Å². The molecule has 1 heterocycles. The van der Waals surface area contributed by atoms with E-state index in [2.05, 4.69) is 15.5 Å². The van der Waals surface area contributed by atoms with Gasteiger partial charge >= 0.3 is 0 Å². The normalized spacial score (nSPS) is 14.5. The van der Waals surface area contributed by atoms with Crippen LogP contribution in [0.5, 0.6) is 0 Å². The average molecular weight is 473 g/mol. The van der Waals surface area contributed by atoms with Gasteiger partial charge in [-0.3, -0.25) is 9.59 Å². The summed E-state index contributed by atoms with van der Waals surface area (Å²) in [5.41, 5.74) is 1.69. The Kier molecular flexibility index (Phi) is 9.39. The topological polar surface area (TPSA) is 77.0 Å². The van der Waals surface area contributed by atoms with Crippen molar-refractivity contribution >= 4 is 41.8 Å². The van der Waals surface area contributed by atoms with Crippen LogP contribution in [0.25, 0.3) is 0 Å². The number of amides is 2. The van der Waals surface area contributed by atoms with E-state index in [1.807, 2.05) is 36.1 Å². The minimum absolute atomic E-state index is 0. The van der Waals surface area contributed by atoms with Crippen LogP contribution in [0.2, 0.25) is 0 Å². The Balaban J connectivity index is 0.00000338. The lowest BCUT2D eigenvalue weighted by atomic mass is 10.1. The smallest absolute Gasteiger partial charge is 0.251 e. The van der Waals surface area contributed by atoms with Gasteiger partial charge in [0.15, 0.2) is 5.96 Å². The van der Waals surface area contributed by atoms with Gasteiger partial charge in [-0.2, -0.15) is 0 Å². The van der Waals surface area contributed by atoms with Gasteiger partial charge < -0.3 is 20.4 Å². The minimum atomic E-state index is -0.0910. The predicted octanol–water partition coefficient (Wildman–Crippen LogP) is 1.29. The number of benzene rings is 1. The second-order valence-corrected chi connectivity index (χ2v) is 5.94. The van der Waals surface area contributed by atoms with Crippen LogP contribution >= 0.6 is 24.0 Å². The molecule has 1 aromatic rings. The van der Waals surface area contributed by atoms with Crippen molar-refractivity contribution in [1.29, 1.82) is 0 Å². The lowest BCUT2D eigenvalue weighted by Gasteiger charge is -2.36. The van der Waals surface area contributed by atoms with Crippen molar-refractivity contribution in [2.45, 2.75) is 20.4 Å². The number of carbonyl (C=O) groups excluding carboxylic acids is 2. The van der Waals surface area contributed by atoms with Gasteiger partial charge in [-0.1, -0.05) is 12.1 Å². The Labute approximate surface area is 172 Å². The standard InChI is InChI=1S/C18H27N5O2.HI/c1-4-20-18(23-11-9-22(10-12-23)14(2)24)21-13-15-5-7-16(8-6-15)17(25)19-3;/h5-8H,4,9-13H2,1-3H3,(H,19,25)(H,20,21);1H. The van der Waals surface area contributed by atoms with E-state index in [1.165, 1.54) is 0 Å². The third-order valence-electron chi connectivity index (χ3n) is 4.21. The highest BCUT2D eigenvalue weighted by atomic mass is 127. The van der Waals surface area contributed by atoms with Crippen LogP contribution in [0.1, 0.15) is 29.8 Å². The Morgan fingerprint density at radius 2 is 1.65 bits per heavy atom. The Morgan fingerprint density at radius 3 is 2.15 bits per heavy atom. The average Bonchev–Trinajstić information content (AvgIpc) is 2.65. The van der Waals surface area contributed by atoms with Crippen molar-refractivity contribution in [3.05, 3.63) is 35.4 Å². The number of aliphatic imine (C=N–C) groups is 1. The van der Waals surface area contributed by atoms with E-state index in [1.54, 1.807) is 14.0 Å². The summed E-state index contributed by atoms with van der Waals surface area (Å²) in [5.74, 6) is 0.894. The van der Waals surface area contributed by atoms with Gasteiger partial charge in [0.2, 0.25) is 5.91 Å². The van der Waals surface area contributed by atoms with Gasteiger partial charge in [-0.25, -0.2) is 4.99 Å². The van der Waals surface area contributed by atoms with E-state index in [9.17, 15) is 9.59 Å². The van der Waals surface area contributed by atoms with Gasteiger partial charge in [0, 0.05) is 52.3 Å². The van der Waals surface area contributed by atoms with Crippen LogP contribution in [0.3, 0.4) is 0 Å². The number of hydrogen-bond donors (Lipinski definition) is 2. The fourth-order valence-corrected chi connectivity index (χ4v) is 2.73. The molecule has 0 radical (unpaired) electrons. The summed E-state index contributed by atoms with van der Waals surface area (Å²) in [7, 11) is 1.62. The van der Waals surface area contributed by atoms with E-state index in [-0.39, 0.29) is 35.8 Å². The molecule has 8 heteroatoms. The number of piperazine rings is 1. The second-order valence-electron chi connectivity index (χ2n) is 5.94. The van der Waals surface area contributed by atoms with Crippen LogP contribution in [0.15, 0.2) is 29.3 Å². The molecule has 0 bridgehead atoms. The van der Waals surface area contributed by atoms with Gasteiger partial charge in [0.1, 0.15) is 0 Å². The molecular weight excluding hydrogens is 445 g/mol. The molecule has 2 amide bonds. The molecule has 1 aromatic carbocycles. The molecule has 144 valence electrons. The van der Waals surface area contributed by atoms with Crippen molar-refractivity contribution in [3.8, 4) is 0 Å². The highest BCUT2D eigenvalue weighted by molar-refractivity contribution is 14.0. The molecule has 0 atom stereocenters. The zero-order chi connectivity index (χ0) is 18.2. The maximum Gasteiger partial charge on any atom is 0.251 e. The summed E-state index contributed by atoms with van der Waals surface area (Å²) in [6, 6.07) is 7.46. The number of rotatable bonds is 4.